The van der Waals surface area contributed by atoms with Crippen LogP contribution in [0.2, 0.25) is 0 Å². The lowest BCUT2D eigenvalue weighted by atomic mass is 10.2. The fraction of sp³-hybridized carbons (Fsp3) is 0.385. The Morgan fingerprint density at radius 2 is 1.95 bits per heavy atom. The van der Waals surface area contributed by atoms with E-state index in [1.807, 2.05) is 0 Å². The summed E-state index contributed by atoms with van der Waals surface area (Å²) in [5, 5.41) is 5.37. The van der Waals surface area contributed by atoms with Crippen LogP contribution in [0.4, 0.5) is 14.5 Å². The summed E-state index contributed by atoms with van der Waals surface area (Å²) in [5.74, 6) is -1.69. The van der Waals surface area contributed by atoms with Crippen LogP contribution in [0.5, 0.6) is 0 Å². The van der Waals surface area contributed by atoms with E-state index in [1.54, 1.807) is 0 Å². The molecule has 0 spiro atoms. The van der Waals surface area contributed by atoms with Crippen LogP contribution in [0.15, 0.2) is 12.1 Å². The first-order chi connectivity index (χ1) is 9.47. The number of anilines is 1. The van der Waals surface area contributed by atoms with E-state index in [1.165, 1.54) is 0 Å². The maximum absolute atomic E-state index is 13.7. The van der Waals surface area contributed by atoms with E-state index in [0.29, 0.717) is 0 Å². The second kappa shape index (κ2) is 6.13. The third-order valence-electron chi connectivity index (χ3n) is 2.92. The van der Waals surface area contributed by atoms with Crippen molar-refractivity contribution in [1.29, 1.82) is 0 Å². The Morgan fingerprint density at radius 1 is 1.35 bits per heavy atom. The smallest absolute Gasteiger partial charge is 0.221 e. The molecule has 0 aromatic heterocycles. The summed E-state index contributed by atoms with van der Waals surface area (Å²) >= 11 is 4.66. The number of nitrogens with two attached hydrogens (primary N) is 1. The van der Waals surface area contributed by atoms with E-state index >= 15 is 0 Å². The summed E-state index contributed by atoms with van der Waals surface area (Å²) in [6.45, 7) is 0.152. The van der Waals surface area contributed by atoms with Crippen LogP contribution in [-0.4, -0.2) is 23.5 Å². The number of hydrogen-bond donors (Lipinski definition) is 3. The van der Waals surface area contributed by atoms with Gasteiger partial charge in [0.05, 0.1) is 0 Å². The van der Waals surface area contributed by atoms with E-state index in [9.17, 15) is 13.6 Å². The monoisotopic (exact) mass is 299 g/mol. The van der Waals surface area contributed by atoms with Crippen LogP contribution < -0.4 is 16.4 Å². The van der Waals surface area contributed by atoms with Gasteiger partial charge in [-0.2, -0.15) is 0 Å². The molecule has 0 aliphatic heterocycles. The molecule has 0 saturated heterocycles. The molecule has 0 heterocycles. The van der Waals surface area contributed by atoms with Gasteiger partial charge in [-0.05, 0) is 25.0 Å². The topological polar surface area (TPSA) is 67.1 Å². The number of carbonyl (C=O) groups is 1. The molecule has 0 atom stereocenters. The lowest BCUT2D eigenvalue weighted by molar-refractivity contribution is -0.120. The predicted octanol–water partition coefficient (Wildman–Crippen LogP) is 1.68. The Labute approximate surface area is 120 Å². The Morgan fingerprint density at radius 3 is 2.45 bits per heavy atom. The van der Waals surface area contributed by atoms with Gasteiger partial charge in [-0.15, -0.1) is 0 Å². The van der Waals surface area contributed by atoms with Crippen molar-refractivity contribution < 1.29 is 13.6 Å². The van der Waals surface area contributed by atoms with Crippen LogP contribution in [0, 0.1) is 11.6 Å². The maximum Gasteiger partial charge on any atom is 0.221 e. The molecule has 1 amide bonds. The van der Waals surface area contributed by atoms with Crippen molar-refractivity contribution in [3.05, 3.63) is 29.3 Å². The molecule has 1 aliphatic carbocycles. The largest absolute Gasteiger partial charge is 0.389 e. The Hall–Kier alpha value is -1.76. The maximum atomic E-state index is 13.7. The minimum Gasteiger partial charge on any atom is -0.389 e. The zero-order valence-corrected chi connectivity index (χ0v) is 11.5. The quantitative estimate of drug-likeness (QED) is 0.699. The van der Waals surface area contributed by atoms with Crippen LogP contribution in [0.25, 0.3) is 0 Å². The van der Waals surface area contributed by atoms with Crippen molar-refractivity contribution in [3.8, 4) is 0 Å². The highest BCUT2D eigenvalue weighted by atomic mass is 32.1. The van der Waals surface area contributed by atoms with Crippen LogP contribution in [0.3, 0.4) is 0 Å². The van der Waals surface area contributed by atoms with Gasteiger partial charge < -0.3 is 16.4 Å². The van der Waals surface area contributed by atoms with Crippen LogP contribution in [0.1, 0.15) is 24.8 Å². The van der Waals surface area contributed by atoms with E-state index in [4.69, 9.17) is 5.73 Å². The van der Waals surface area contributed by atoms with E-state index in [2.05, 4.69) is 22.9 Å². The molecule has 7 heteroatoms. The first-order valence-electron chi connectivity index (χ1n) is 6.29. The van der Waals surface area contributed by atoms with Crippen LogP contribution >= 0.6 is 12.2 Å². The highest BCUT2D eigenvalue weighted by molar-refractivity contribution is 7.80. The highest BCUT2D eigenvalue weighted by Crippen LogP contribution is 2.21. The van der Waals surface area contributed by atoms with Gasteiger partial charge in [-0.3, -0.25) is 4.79 Å². The lowest BCUT2D eigenvalue weighted by Crippen LogP contribution is -2.27. The van der Waals surface area contributed by atoms with Gasteiger partial charge >= 0.3 is 0 Å². The molecule has 0 bridgehead atoms. The lowest BCUT2D eigenvalue weighted by Gasteiger charge is -2.10. The third kappa shape index (κ3) is 3.86. The minimum absolute atomic E-state index is 0.0711. The Bertz CT molecular complexity index is 523. The molecular weight excluding hydrogens is 284 g/mol. The average molecular weight is 299 g/mol. The number of carbonyl (C=O) groups excluding carboxylic acids is 1. The van der Waals surface area contributed by atoms with Gasteiger partial charge in [0.15, 0.2) is 0 Å². The summed E-state index contributed by atoms with van der Waals surface area (Å²) in [5.41, 5.74) is 5.18. The van der Waals surface area contributed by atoms with Crippen molar-refractivity contribution >= 4 is 28.8 Å². The molecule has 20 heavy (non-hydrogen) atoms. The predicted molar refractivity (Wildman–Crippen MR) is 76.5 cm³/mol. The molecule has 2 rings (SSSR count). The molecule has 1 aromatic carbocycles. The zero-order valence-electron chi connectivity index (χ0n) is 10.7. The van der Waals surface area contributed by atoms with Gasteiger partial charge in [0, 0.05) is 24.6 Å². The molecule has 1 fully saturated rings. The molecule has 1 aromatic rings. The number of benzene rings is 1. The SMILES string of the molecule is NC(=S)c1cc(F)c(NCCC(=O)NC2CC2)c(F)c1. The summed E-state index contributed by atoms with van der Waals surface area (Å²) in [4.78, 5) is 11.4. The van der Waals surface area contributed by atoms with Crippen molar-refractivity contribution in [1.82, 2.24) is 5.32 Å². The van der Waals surface area contributed by atoms with Crippen LogP contribution in [-0.2, 0) is 4.79 Å². The highest BCUT2D eigenvalue weighted by Gasteiger charge is 2.22. The Balaban J connectivity index is 1.91. The van der Waals surface area contributed by atoms with Gasteiger partial charge in [0.2, 0.25) is 5.91 Å². The summed E-state index contributed by atoms with van der Waals surface area (Å²) in [6.07, 6.45) is 2.16. The number of nitrogens with one attached hydrogen (secondary N) is 2. The molecule has 4 nitrogen and oxygen atoms in total. The second-order valence-electron chi connectivity index (χ2n) is 4.70. The number of thiocarbonyl (C=S) groups is 1. The van der Waals surface area contributed by atoms with E-state index in [0.717, 1.165) is 25.0 Å². The molecule has 1 saturated carbocycles. The number of hydrogen-bond acceptors (Lipinski definition) is 3. The first kappa shape index (κ1) is 14.6. The number of amides is 1. The summed E-state index contributed by atoms with van der Waals surface area (Å²) in [7, 11) is 0. The standard InChI is InChI=1S/C13H15F2N3OS/c14-9-5-7(13(16)20)6-10(15)12(9)17-4-3-11(19)18-8-1-2-8/h5-6,8,17H,1-4H2,(H2,16,20)(H,18,19). The minimum atomic E-state index is -0.782. The zero-order chi connectivity index (χ0) is 14.7. The van der Waals surface area contributed by atoms with E-state index < -0.39 is 11.6 Å². The second-order valence-corrected chi connectivity index (χ2v) is 5.14. The summed E-state index contributed by atoms with van der Waals surface area (Å²) < 4.78 is 27.4. The summed E-state index contributed by atoms with van der Waals surface area (Å²) in [6, 6.07) is 2.41. The van der Waals surface area contributed by atoms with Crippen molar-refractivity contribution in [2.24, 2.45) is 5.73 Å². The fourth-order valence-corrected chi connectivity index (χ4v) is 1.83. The number of halogens is 2. The van der Waals surface area contributed by atoms with Crippen molar-refractivity contribution in [3.63, 3.8) is 0 Å². The van der Waals surface area contributed by atoms with E-state index in [-0.39, 0.29) is 41.2 Å². The molecule has 1 aliphatic rings. The Kier molecular flexibility index (Phi) is 4.49. The number of rotatable bonds is 6. The average Bonchev–Trinajstić information content (AvgIpc) is 3.16. The molecule has 108 valence electrons. The normalized spacial score (nSPS) is 13.9. The van der Waals surface area contributed by atoms with Crippen molar-refractivity contribution in [2.45, 2.75) is 25.3 Å². The van der Waals surface area contributed by atoms with Gasteiger partial charge in [0.1, 0.15) is 22.3 Å². The molecule has 4 N–H and O–H groups in total. The molecule has 0 unspecified atom stereocenters. The van der Waals surface area contributed by atoms with Crippen molar-refractivity contribution in [2.75, 3.05) is 11.9 Å². The van der Waals surface area contributed by atoms with Gasteiger partial charge in [0.25, 0.3) is 0 Å². The molecular formula is C13H15F2N3OS. The fourth-order valence-electron chi connectivity index (χ4n) is 1.71. The molecule has 0 radical (unpaired) electrons. The van der Waals surface area contributed by atoms with Gasteiger partial charge in [-0.1, -0.05) is 12.2 Å². The first-order valence-corrected chi connectivity index (χ1v) is 6.70. The third-order valence-corrected chi connectivity index (χ3v) is 3.16. The van der Waals surface area contributed by atoms with Gasteiger partial charge in [-0.25, -0.2) is 8.78 Å².